The maximum absolute atomic E-state index is 12.7. The molecule has 1 amide bonds. The summed E-state index contributed by atoms with van der Waals surface area (Å²) in [5.41, 5.74) is 5.48. The monoisotopic (exact) mass is 480 g/mol. The lowest BCUT2D eigenvalue weighted by Crippen LogP contribution is -2.31. The van der Waals surface area contributed by atoms with Gasteiger partial charge in [0.1, 0.15) is 5.75 Å². The fourth-order valence-corrected chi connectivity index (χ4v) is 5.02. The molecule has 0 heterocycles. The van der Waals surface area contributed by atoms with Crippen molar-refractivity contribution in [3.05, 3.63) is 94.5 Å². The number of nitrogens with one attached hydrogen (secondary N) is 2. The van der Waals surface area contributed by atoms with E-state index in [1.807, 2.05) is 44.2 Å². The summed E-state index contributed by atoms with van der Waals surface area (Å²) in [5.74, 6) is 0.167. The maximum atomic E-state index is 12.7. The van der Waals surface area contributed by atoms with Crippen LogP contribution in [0.1, 0.15) is 53.7 Å². The van der Waals surface area contributed by atoms with E-state index in [0.29, 0.717) is 5.75 Å². The molecule has 0 radical (unpaired) electrons. The van der Waals surface area contributed by atoms with Crippen LogP contribution in [0.15, 0.2) is 71.6 Å². The van der Waals surface area contributed by atoms with Crippen LogP contribution in [-0.2, 0) is 14.8 Å². The normalized spacial score (nSPS) is 13.2. The number of aryl methyl sites for hydroxylation is 3. The molecule has 180 valence electrons. The summed E-state index contributed by atoms with van der Waals surface area (Å²) in [4.78, 5) is 12.5. The van der Waals surface area contributed by atoms with Crippen LogP contribution in [0.3, 0.4) is 0 Å². The van der Waals surface area contributed by atoms with E-state index >= 15 is 0 Å². The standard InChI is InChI=1S/C27H32N2O4S/c1-18-15-20(3)26(16-19(18)2)22(5)28-27(30)17-33-24-11-13-25(14-12-24)34(31,32)29-21(4)23-9-7-6-8-10-23/h6-16,21-22,29H,17H2,1-5H3,(H,28,30)/t21-,22-/m1/s1. The first kappa shape index (κ1) is 25.5. The summed E-state index contributed by atoms with van der Waals surface area (Å²) in [7, 11) is -3.70. The molecule has 0 aliphatic rings. The molecule has 0 spiro atoms. The smallest absolute Gasteiger partial charge is 0.258 e. The summed E-state index contributed by atoms with van der Waals surface area (Å²) < 4.78 is 33.7. The van der Waals surface area contributed by atoms with Gasteiger partial charge in [0.25, 0.3) is 5.91 Å². The molecule has 0 aliphatic carbocycles. The van der Waals surface area contributed by atoms with Gasteiger partial charge in [0.15, 0.2) is 6.61 Å². The predicted molar refractivity (Wildman–Crippen MR) is 134 cm³/mol. The van der Waals surface area contributed by atoms with Gasteiger partial charge < -0.3 is 10.1 Å². The molecule has 0 aromatic heterocycles. The Morgan fingerprint density at radius 2 is 1.47 bits per heavy atom. The van der Waals surface area contributed by atoms with Gasteiger partial charge in [-0.2, -0.15) is 0 Å². The molecule has 3 aromatic rings. The Hall–Kier alpha value is -3.16. The fraction of sp³-hybridized carbons (Fsp3) is 0.296. The van der Waals surface area contributed by atoms with E-state index in [1.54, 1.807) is 19.1 Å². The van der Waals surface area contributed by atoms with E-state index in [4.69, 9.17) is 4.74 Å². The van der Waals surface area contributed by atoms with E-state index < -0.39 is 10.0 Å². The summed E-state index contributed by atoms with van der Waals surface area (Å²) in [6, 6.07) is 19.1. The molecule has 0 bridgehead atoms. The van der Waals surface area contributed by atoms with Crippen molar-refractivity contribution < 1.29 is 17.9 Å². The third-order valence-corrected chi connectivity index (χ3v) is 7.42. The molecule has 7 heteroatoms. The van der Waals surface area contributed by atoms with Gasteiger partial charge in [0.05, 0.1) is 10.9 Å². The second kappa shape index (κ2) is 10.8. The van der Waals surface area contributed by atoms with Crippen molar-refractivity contribution in [2.45, 2.75) is 51.6 Å². The highest BCUT2D eigenvalue weighted by atomic mass is 32.2. The van der Waals surface area contributed by atoms with Crippen molar-refractivity contribution in [2.75, 3.05) is 6.61 Å². The molecule has 0 aliphatic heterocycles. The topological polar surface area (TPSA) is 84.5 Å². The van der Waals surface area contributed by atoms with E-state index in [1.165, 1.54) is 23.3 Å². The average Bonchev–Trinajstić information content (AvgIpc) is 2.80. The SMILES string of the molecule is Cc1cc(C)c([C@@H](C)NC(=O)COc2ccc(S(=O)(=O)N[C@H](C)c3ccccc3)cc2)cc1C. The number of hydrogen-bond acceptors (Lipinski definition) is 4. The van der Waals surface area contributed by atoms with Crippen LogP contribution < -0.4 is 14.8 Å². The zero-order valence-corrected chi connectivity index (χ0v) is 21.1. The van der Waals surface area contributed by atoms with Gasteiger partial charge in [-0.25, -0.2) is 13.1 Å². The third-order valence-electron chi connectivity index (χ3n) is 5.86. The Kier molecular flexibility index (Phi) is 8.12. The lowest BCUT2D eigenvalue weighted by atomic mass is 9.96. The van der Waals surface area contributed by atoms with Crippen molar-refractivity contribution >= 4 is 15.9 Å². The molecule has 2 N–H and O–H groups in total. The fourth-order valence-electron chi connectivity index (χ4n) is 3.78. The first-order valence-electron chi connectivity index (χ1n) is 11.2. The van der Waals surface area contributed by atoms with Crippen LogP contribution in [0.2, 0.25) is 0 Å². The second-order valence-electron chi connectivity index (χ2n) is 8.60. The molecule has 0 unspecified atom stereocenters. The summed E-state index contributed by atoms with van der Waals surface area (Å²) >= 11 is 0. The number of benzene rings is 3. The van der Waals surface area contributed by atoms with Crippen molar-refractivity contribution in [2.24, 2.45) is 0 Å². The van der Waals surface area contributed by atoms with Crippen molar-refractivity contribution in [1.82, 2.24) is 10.0 Å². The van der Waals surface area contributed by atoms with Gasteiger partial charge in [0.2, 0.25) is 10.0 Å². The Labute approximate surface area is 202 Å². The van der Waals surface area contributed by atoms with Crippen LogP contribution in [-0.4, -0.2) is 20.9 Å². The lowest BCUT2D eigenvalue weighted by molar-refractivity contribution is -0.123. The molecule has 0 saturated heterocycles. The minimum absolute atomic E-state index is 0.130. The Bertz CT molecular complexity index is 1240. The second-order valence-corrected chi connectivity index (χ2v) is 10.3. The zero-order chi connectivity index (χ0) is 24.9. The van der Waals surface area contributed by atoms with Crippen LogP contribution in [0.25, 0.3) is 0 Å². The Morgan fingerprint density at radius 1 is 0.853 bits per heavy atom. The molecule has 2 atom stereocenters. The molecule has 3 aromatic carbocycles. The average molecular weight is 481 g/mol. The van der Waals surface area contributed by atoms with Gasteiger partial charge in [-0.1, -0.05) is 42.5 Å². The lowest BCUT2D eigenvalue weighted by Gasteiger charge is -2.18. The van der Waals surface area contributed by atoms with E-state index in [9.17, 15) is 13.2 Å². The molecular formula is C27H32N2O4S. The van der Waals surface area contributed by atoms with Crippen LogP contribution in [0.4, 0.5) is 0 Å². The van der Waals surface area contributed by atoms with Crippen molar-refractivity contribution in [1.29, 1.82) is 0 Å². The van der Waals surface area contributed by atoms with Crippen LogP contribution in [0.5, 0.6) is 5.75 Å². The third kappa shape index (κ3) is 6.46. The largest absolute Gasteiger partial charge is 0.484 e. The molecule has 34 heavy (non-hydrogen) atoms. The highest BCUT2D eigenvalue weighted by molar-refractivity contribution is 7.89. The molecule has 6 nitrogen and oxygen atoms in total. The van der Waals surface area contributed by atoms with Gasteiger partial charge in [-0.15, -0.1) is 0 Å². The Balaban J connectivity index is 1.56. The summed E-state index contributed by atoms with van der Waals surface area (Å²) in [6.45, 7) is 9.73. The van der Waals surface area contributed by atoms with Gasteiger partial charge in [-0.3, -0.25) is 4.79 Å². The first-order valence-corrected chi connectivity index (χ1v) is 12.7. The summed E-state index contributed by atoms with van der Waals surface area (Å²) in [5, 5.41) is 2.96. The minimum atomic E-state index is -3.70. The number of ether oxygens (including phenoxy) is 1. The van der Waals surface area contributed by atoms with E-state index in [-0.39, 0.29) is 29.5 Å². The van der Waals surface area contributed by atoms with Gasteiger partial charge >= 0.3 is 0 Å². The molecule has 0 saturated carbocycles. The number of amides is 1. The molecular weight excluding hydrogens is 448 g/mol. The highest BCUT2D eigenvalue weighted by Gasteiger charge is 2.19. The van der Waals surface area contributed by atoms with Gasteiger partial charge in [0, 0.05) is 6.04 Å². The minimum Gasteiger partial charge on any atom is -0.484 e. The van der Waals surface area contributed by atoms with Crippen molar-refractivity contribution in [3.63, 3.8) is 0 Å². The molecule has 3 rings (SSSR count). The highest BCUT2D eigenvalue weighted by Crippen LogP contribution is 2.22. The number of rotatable bonds is 9. The summed E-state index contributed by atoms with van der Waals surface area (Å²) in [6.07, 6.45) is 0. The van der Waals surface area contributed by atoms with Crippen molar-refractivity contribution in [3.8, 4) is 5.75 Å². The number of carbonyl (C=O) groups is 1. The maximum Gasteiger partial charge on any atom is 0.258 e. The number of hydrogen-bond donors (Lipinski definition) is 2. The first-order chi connectivity index (χ1) is 16.1. The van der Waals surface area contributed by atoms with Crippen LogP contribution in [0, 0.1) is 20.8 Å². The van der Waals surface area contributed by atoms with Crippen LogP contribution >= 0.6 is 0 Å². The van der Waals surface area contributed by atoms with E-state index in [0.717, 1.165) is 16.7 Å². The predicted octanol–water partition coefficient (Wildman–Crippen LogP) is 4.91. The quantitative estimate of drug-likeness (QED) is 0.456. The number of carbonyl (C=O) groups excluding carboxylic acids is 1. The number of sulfonamides is 1. The van der Waals surface area contributed by atoms with Gasteiger partial charge in [-0.05, 0) is 86.7 Å². The molecule has 0 fully saturated rings. The zero-order valence-electron chi connectivity index (χ0n) is 20.3. The van der Waals surface area contributed by atoms with E-state index in [2.05, 4.69) is 36.0 Å². The Morgan fingerprint density at radius 3 is 2.12 bits per heavy atom.